The molecule has 0 amide bonds. The van der Waals surface area contributed by atoms with Gasteiger partial charge in [-0.1, -0.05) is 13.8 Å². The van der Waals surface area contributed by atoms with Crippen molar-refractivity contribution in [1.82, 2.24) is 9.88 Å². The molecule has 0 aromatic carbocycles. The van der Waals surface area contributed by atoms with E-state index in [2.05, 4.69) is 41.4 Å². The van der Waals surface area contributed by atoms with Crippen molar-refractivity contribution in [3.8, 4) is 0 Å². The standard InChI is InChI=1S/C13H25N3S/c1-5-16(6-2)9-7-8-11(3)14-13-15-12(4)10-17-13/h10-11H,5-9H2,1-4H3,(H,14,15). The average molecular weight is 255 g/mol. The second-order valence-electron chi connectivity index (χ2n) is 4.51. The minimum absolute atomic E-state index is 0.510. The summed E-state index contributed by atoms with van der Waals surface area (Å²) in [5.74, 6) is 0. The van der Waals surface area contributed by atoms with E-state index in [0.29, 0.717) is 6.04 Å². The molecule has 98 valence electrons. The van der Waals surface area contributed by atoms with Gasteiger partial charge in [0.2, 0.25) is 0 Å². The number of aromatic nitrogens is 1. The maximum absolute atomic E-state index is 4.42. The molecule has 1 N–H and O–H groups in total. The highest BCUT2D eigenvalue weighted by Crippen LogP contribution is 2.16. The SMILES string of the molecule is CCN(CC)CCCC(C)Nc1nc(C)cs1. The molecule has 0 bridgehead atoms. The van der Waals surface area contributed by atoms with Crippen LogP contribution in [0.1, 0.15) is 39.3 Å². The Morgan fingerprint density at radius 2 is 2.12 bits per heavy atom. The maximum atomic E-state index is 4.42. The lowest BCUT2D eigenvalue weighted by molar-refractivity contribution is 0.295. The fourth-order valence-corrected chi connectivity index (χ4v) is 2.66. The van der Waals surface area contributed by atoms with Crippen LogP contribution in [0.2, 0.25) is 0 Å². The van der Waals surface area contributed by atoms with Gasteiger partial charge in [-0.15, -0.1) is 11.3 Å². The summed E-state index contributed by atoms with van der Waals surface area (Å²) in [7, 11) is 0. The summed E-state index contributed by atoms with van der Waals surface area (Å²) < 4.78 is 0. The third kappa shape index (κ3) is 5.50. The van der Waals surface area contributed by atoms with E-state index in [-0.39, 0.29) is 0 Å². The molecular formula is C13H25N3S. The van der Waals surface area contributed by atoms with Crippen LogP contribution in [-0.2, 0) is 0 Å². The first-order chi connectivity index (χ1) is 8.15. The summed E-state index contributed by atoms with van der Waals surface area (Å²) in [6, 6.07) is 0.510. The predicted molar refractivity (Wildman–Crippen MR) is 77.0 cm³/mol. The lowest BCUT2D eigenvalue weighted by Crippen LogP contribution is -2.25. The van der Waals surface area contributed by atoms with Gasteiger partial charge >= 0.3 is 0 Å². The monoisotopic (exact) mass is 255 g/mol. The maximum Gasteiger partial charge on any atom is 0.183 e. The lowest BCUT2D eigenvalue weighted by atomic mass is 10.2. The normalized spacial score (nSPS) is 13.0. The second kappa shape index (κ2) is 7.67. The third-order valence-electron chi connectivity index (χ3n) is 2.99. The summed E-state index contributed by atoms with van der Waals surface area (Å²) in [5.41, 5.74) is 1.10. The van der Waals surface area contributed by atoms with Crippen molar-refractivity contribution in [2.45, 2.75) is 46.6 Å². The van der Waals surface area contributed by atoms with Gasteiger partial charge < -0.3 is 10.2 Å². The van der Waals surface area contributed by atoms with Crippen LogP contribution < -0.4 is 5.32 Å². The first kappa shape index (κ1) is 14.5. The summed E-state index contributed by atoms with van der Waals surface area (Å²) in [4.78, 5) is 6.90. The molecule has 1 rings (SSSR count). The highest BCUT2D eigenvalue weighted by atomic mass is 32.1. The van der Waals surface area contributed by atoms with Crippen LogP contribution in [0.15, 0.2) is 5.38 Å². The molecule has 0 spiro atoms. The van der Waals surface area contributed by atoms with Gasteiger partial charge in [-0.25, -0.2) is 4.98 Å². The average Bonchev–Trinajstić information content (AvgIpc) is 2.70. The van der Waals surface area contributed by atoms with Crippen molar-refractivity contribution < 1.29 is 0 Å². The van der Waals surface area contributed by atoms with E-state index < -0.39 is 0 Å². The van der Waals surface area contributed by atoms with Crippen LogP contribution in [0.4, 0.5) is 5.13 Å². The van der Waals surface area contributed by atoms with Crippen molar-refractivity contribution in [2.24, 2.45) is 0 Å². The number of hydrogen-bond acceptors (Lipinski definition) is 4. The van der Waals surface area contributed by atoms with E-state index in [1.807, 2.05) is 6.92 Å². The van der Waals surface area contributed by atoms with E-state index in [4.69, 9.17) is 0 Å². The fraction of sp³-hybridized carbons (Fsp3) is 0.769. The van der Waals surface area contributed by atoms with Gasteiger partial charge in [0.05, 0.1) is 5.69 Å². The van der Waals surface area contributed by atoms with E-state index in [1.54, 1.807) is 11.3 Å². The number of thiazole rings is 1. The molecule has 1 aromatic rings. The molecule has 0 saturated heterocycles. The van der Waals surface area contributed by atoms with Gasteiger partial charge in [0.25, 0.3) is 0 Å². The Bertz CT molecular complexity index is 307. The van der Waals surface area contributed by atoms with Crippen LogP contribution in [-0.4, -0.2) is 35.6 Å². The topological polar surface area (TPSA) is 28.2 Å². The molecule has 4 heteroatoms. The zero-order chi connectivity index (χ0) is 12.7. The Labute approximate surface area is 109 Å². The summed E-state index contributed by atoms with van der Waals surface area (Å²) >= 11 is 1.69. The van der Waals surface area contributed by atoms with E-state index in [1.165, 1.54) is 19.4 Å². The van der Waals surface area contributed by atoms with Crippen LogP contribution in [0.5, 0.6) is 0 Å². The molecule has 0 radical (unpaired) electrons. The Kier molecular flexibility index (Phi) is 6.52. The van der Waals surface area contributed by atoms with E-state index >= 15 is 0 Å². The molecule has 0 aliphatic carbocycles. The zero-order valence-electron chi connectivity index (χ0n) is 11.5. The summed E-state index contributed by atoms with van der Waals surface area (Å²) in [5, 5.41) is 6.60. The highest BCUT2D eigenvalue weighted by Gasteiger charge is 2.06. The first-order valence-electron chi connectivity index (χ1n) is 6.56. The smallest absolute Gasteiger partial charge is 0.183 e. The molecular weight excluding hydrogens is 230 g/mol. The molecule has 0 fully saturated rings. The largest absolute Gasteiger partial charge is 0.359 e. The summed E-state index contributed by atoms with van der Waals surface area (Å²) in [6.07, 6.45) is 2.45. The van der Waals surface area contributed by atoms with Crippen molar-refractivity contribution in [2.75, 3.05) is 25.0 Å². The lowest BCUT2D eigenvalue weighted by Gasteiger charge is -2.19. The van der Waals surface area contributed by atoms with Gasteiger partial charge in [-0.05, 0) is 46.3 Å². The van der Waals surface area contributed by atoms with Crippen molar-refractivity contribution >= 4 is 16.5 Å². The molecule has 0 aliphatic heterocycles. The number of aryl methyl sites for hydroxylation is 1. The van der Waals surface area contributed by atoms with Gasteiger partial charge in [0, 0.05) is 11.4 Å². The fourth-order valence-electron chi connectivity index (χ4n) is 1.86. The van der Waals surface area contributed by atoms with Gasteiger partial charge in [-0.3, -0.25) is 0 Å². The third-order valence-corrected chi connectivity index (χ3v) is 3.89. The van der Waals surface area contributed by atoms with E-state index in [0.717, 1.165) is 23.9 Å². The molecule has 1 heterocycles. The van der Waals surface area contributed by atoms with Gasteiger partial charge in [0.15, 0.2) is 5.13 Å². The van der Waals surface area contributed by atoms with Crippen molar-refractivity contribution in [3.63, 3.8) is 0 Å². The van der Waals surface area contributed by atoms with Crippen LogP contribution >= 0.6 is 11.3 Å². The molecule has 1 unspecified atom stereocenters. The van der Waals surface area contributed by atoms with Crippen molar-refractivity contribution in [1.29, 1.82) is 0 Å². The summed E-state index contributed by atoms with van der Waals surface area (Å²) in [6.45, 7) is 12.2. The number of anilines is 1. The van der Waals surface area contributed by atoms with Gasteiger partial charge in [0.1, 0.15) is 0 Å². The number of hydrogen-bond donors (Lipinski definition) is 1. The minimum Gasteiger partial charge on any atom is -0.359 e. The Morgan fingerprint density at radius 3 is 2.65 bits per heavy atom. The molecule has 17 heavy (non-hydrogen) atoms. The molecule has 0 saturated carbocycles. The van der Waals surface area contributed by atoms with Crippen LogP contribution in [0.25, 0.3) is 0 Å². The number of rotatable bonds is 8. The number of nitrogens with zero attached hydrogens (tertiary/aromatic N) is 2. The van der Waals surface area contributed by atoms with Crippen molar-refractivity contribution in [3.05, 3.63) is 11.1 Å². The predicted octanol–water partition coefficient (Wildman–Crippen LogP) is 3.37. The quantitative estimate of drug-likeness (QED) is 0.772. The Balaban J connectivity index is 2.19. The zero-order valence-corrected chi connectivity index (χ0v) is 12.3. The molecule has 0 aliphatic rings. The molecule has 1 aromatic heterocycles. The highest BCUT2D eigenvalue weighted by molar-refractivity contribution is 7.13. The first-order valence-corrected chi connectivity index (χ1v) is 7.44. The van der Waals surface area contributed by atoms with Crippen LogP contribution in [0, 0.1) is 6.92 Å². The van der Waals surface area contributed by atoms with E-state index in [9.17, 15) is 0 Å². The minimum atomic E-state index is 0.510. The number of nitrogens with one attached hydrogen (secondary N) is 1. The van der Waals surface area contributed by atoms with Gasteiger partial charge in [-0.2, -0.15) is 0 Å². The molecule has 1 atom stereocenters. The Hall–Kier alpha value is -0.610. The van der Waals surface area contributed by atoms with Crippen LogP contribution in [0.3, 0.4) is 0 Å². The Morgan fingerprint density at radius 1 is 1.41 bits per heavy atom. The molecule has 3 nitrogen and oxygen atoms in total. The second-order valence-corrected chi connectivity index (χ2v) is 5.37.